The summed E-state index contributed by atoms with van der Waals surface area (Å²) >= 11 is 0. The van der Waals surface area contributed by atoms with Gasteiger partial charge < -0.3 is 14.5 Å². The van der Waals surface area contributed by atoms with Gasteiger partial charge in [-0.2, -0.15) is 0 Å². The Balaban J connectivity index is 1.83. The molecule has 110 valence electrons. The van der Waals surface area contributed by atoms with Crippen LogP contribution in [0.2, 0.25) is 0 Å². The van der Waals surface area contributed by atoms with Gasteiger partial charge in [0.2, 0.25) is 5.91 Å². The summed E-state index contributed by atoms with van der Waals surface area (Å²) in [5.74, 6) is 1.05. The molecule has 1 heterocycles. The average Bonchev–Trinajstić information content (AvgIpc) is 2.48. The minimum Gasteiger partial charge on any atom is -0.457 e. The van der Waals surface area contributed by atoms with Crippen molar-refractivity contribution in [1.29, 1.82) is 0 Å². The molecule has 1 aromatic heterocycles. The van der Waals surface area contributed by atoms with Crippen LogP contribution in [-0.4, -0.2) is 5.91 Å². The minimum atomic E-state index is -0.399. The van der Waals surface area contributed by atoms with E-state index in [9.17, 15) is 9.59 Å². The summed E-state index contributed by atoms with van der Waals surface area (Å²) in [4.78, 5) is 22.2. The number of ether oxygens (including phenoxy) is 1. The Bertz CT molecular complexity index is 881. The Labute approximate surface area is 126 Å². The van der Waals surface area contributed by atoms with Crippen LogP contribution in [-0.2, 0) is 4.79 Å². The number of hydrogen-bond acceptors (Lipinski definition) is 4. The van der Waals surface area contributed by atoms with E-state index in [0.717, 1.165) is 5.39 Å². The number of fused-ring (bicyclic) bond motifs is 1. The number of benzene rings is 2. The third-order valence-corrected chi connectivity index (χ3v) is 3.00. The molecule has 0 aliphatic heterocycles. The van der Waals surface area contributed by atoms with Crippen LogP contribution in [0, 0.1) is 0 Å². The van der Waals surface area contributed by atoms with E-state index in [2.05, 4.69) is 5.32 Å². The minimum absolute atomic E-state index is 0.127. The fourth-order valence-electron chi connectivity index (χ4n) is 2.05. The lowest BCUT2D eigenvalue weighted by Crippen LogP contribution is -2.05. The summed E-state index contributed by atoms with van der Waals surface area (Å²) in [6, 6.07) is 15.3. The molecule has 0 fully saturated rings. The Morgan fingerprint density at radius 3 is 2.41 bits per heavy atom. The van der Waals surface area contributed by atoms with Crippen LogP contribution < -0.4 is 15.7 Å². The zero-order valence-electron chi connectivity index (χ0n) is 11.8. The molecule has 0 radical (unpaired) electrons. The van der Waals surface area contributed by atoms with Crippen LogP contribution in [0.5, 0.6) is 11.5 Å². The highest BCUT2D eigenvalue weighted by molar-refractivity contribution is 5.88. The van der Waals surface area contributed by atoms with Gasteiger partial charge in [0.15, 0.2) is 0 Å². The van der Waals surface area contributed by atoms with Crippen molar-refractivity contribution in [2.75, 3.05) is 5.32 Å². The van der Waals surface area contributed by atoms with Crippen LogP contribution in [0.15, 0.2) is 63.8 Å². The zero-order valence-corrected chi connectivity index (χ0v) is 11.8. The maximum Gasteiger partial charge on any atom is 0.336 e. The lowest BCUT2D eigenvalue weighted by molar-refractivity contribution is -0.114. The first kappa shape index (κ1) is 13.9. The number of amides is 1. The second kappa shape index (κ2) is 5.73. The predicted octanol–water partition coefficient (Wildman–Crippen LogP) is 3.54. The van der Waals surface area contributed by atoms with Crippen molar-refractivity contribution in [3.63, 3.8) is 0 Å². The van der Waals surface area contributed by atoms with Gasteiger partial charge in [0, 0.05) is 30.1 Å². The van der Waals surface area contributed by atoms with Crippen LogP contribution in [0.1, 0.15) is 6.92 Å². The van der Waals surface area contributed by atoms with E-state index in [1.807, 2.05) is 6.07 Å². The van der Waals surface area contributed by atoms with Crippen LogP contribution in [0.25, 0.3) is 11.0 Å². The van der Waals surface area contributed by atoms with Crippen molar-refractivity contribution in [3.8, 4) is 11.5 Å². The lowest BCUT2D eigenvalue weighted by atomic mass is 10.2. The number of rotatable bonds is 3. The molecular weight excluding hydrogens is 282 g/mol. The molecule has 3 rings (SSSR count). The molecule has 22 heavy (non-hydrogen) atoms. The number of hydrogen-bond donors (Lipinski definition) is 1. The van der Waals surface area contributed by atoms with E-state index in [-0.39, 0.29) is 5.91 Å². The molecule has 3 aromatic rings. The molecule has 2 aromatic carbocycles. The molecule has 1 amide bonds. The van der Waals surface area contributed by atoms with Gasteiger partial charge in [-0.1, -0.05) is 0 Å². The van der Waals surface area contributed by atoms with Gasteiger partial charge in [-0.3, -0.25) is 4.79 Å². The van der Waals surface area contributed by atoms with E-state index in [4.69, 9.17) is 9.15 Å². The quantitative estimate of drug-likeness (QED) is 0.750. The van der Waals surface area contributed by atoms with Crippen molar-refractivity contribution in [1.82, 2.24) is 0 Å². The van der Waals surface area contributed by atoms with E-state index >= 15 is 0 Å². The number of carbonyl (C=O) groups excluding carboxylic acids is 1. The molecule has 5 nitrogen and oxygen atoms in total. The molecule has 5 heteroatoms. The third kappa shape index (κ3) is 3.15. The highest BCUT2D eigenvalue weighted by atomic mass is 16.5. The maximum atomic E-state index is 11.2. The topological polar surface area (TPSA) is 68.5 Å². The molecule has 0 saturated carbocycles. The maximum absolute atomic E-state index is 11.2. The van der Waals surface area contributed by atoms with Crippen molar-refractivity contribution in [2.45, 2.75) is 6.92 Å². The highest BCUT2D eigenvalue weighted by Crippen LogP contribution is 2.26. The molecule has 0 bridgehead atoms. The molecule has 0 saturated heterocycles. The number of carbonyl (C=O) groups is 1. The van der Waals surface area contributed by atoms with Gasteiger partial charge in [0.05, 0.1) is 0 Å². The first-order valence-corrected chi connectivity index (χ1v) is 6.69. The van der Waals surface area contributed by atoms with Crippen molar-refractivity contribution < 1.29 is 13.9 Å². The SMILES string of the molecule is CC(=O)Nc1ccc(Oc2ccc3ccc(=O)oc3c2)cc1. The van der Waals surface area contributed by atoms with Crippen LogP contribution >= 0.6 is 0 Å². The Morgan fingerprint density at radius 1 is 1.00 bits per heavy atom. The summed E-state index contributed by atoms with van der Waals surface area (Å²) in [6.45, 7) is 1.45. The second-order valence-corrected chi connectivity index (χ2v) is 4.76. The summed E-state index contributed by atoms with van der Waals surface area (Å²) in [5.41, 5.74) is 0.772. The van der Waals surface area contributed by atoms with E-state index in [0.29, 0.717) is 22.8 Å². The Hall–Kier alpha value is -3.08. The first-order chi connectivity index (χ1) is 10.6. The lowest BCUT2D eigenvalue weighted by Gasteiger charge is -2.07. The Kier molecular flexibility index (Phi) is 3.62. The van der Waals surface area contributed by atoms with Crippen LogP contribution in [0.4, 0.5) is 5.69 Å². The largest absolute Gasteiger partial charge is 0.457 e. The van der Waals surface area contributed by atoms with Gasteiger partial charge in [-0.15, -0.1) is 0 Å². The monoisotopic (exact) mass is 295 g/mol. The third-order valence-electron chi connectivity index (χ3n) is 3.00. The smallest absolute Gasteiger partial charge is 0.336 e. The summed E-state index contributed by atoms with van der Waals surface area (Å²) in [7, 11) is 0. The predicted molar refractivity (Wildman–Crippen MR) is 83.3 cm³/mol. The molecule has 0 atom stereocenters. The van der Waals surface area contributed by atoms with E-state index in [1.165, 1.54) is 13.0 Å². The molecule has 0 aliphatic carbocycles. The zero-order chi connectivity index (χ0) is 15.5. The Morgan fingerprint density at radius 2 is 1.68 bits per heavy atom. The van der Waals surface area contributed by atoms with E-state index in [1.54, 1.807) is 42.5 Å². The first-order valence-electron chi connectivity index (χ1n) is 6.69. The van der Waals surface area contributed by atoms with Crippen molar-refractivity contribution >= 4 is 22.6 Å². The normalized spacial score (nSPS) is 10.4. The standard InChI is InChI=1S/C17H13NO4/c1-11(19)18-13-4-7-14(8-5-13)21-15-6-2-12-3-9-17(20)22-16(12)10-15/h2-10H,1H3,(H,18,19). The molecule has 1 N–H and O–H groups in total. The highest BCUT2D eigenvalue weighted by Gasteiger charge is 2.03. The molecule has 0 unspecified atom stereocenters. The van der Waals surface area contributed by atoms with Gasteiger partial charge in [0.25, 0.3) is 0 Å². The molecule has 0 spiro atoms. The molecule has 0 aliphatic rings. The van der Waals surface area contributed by atoms with Gasteiger partial charge in [0.1, 0.15) is 17.1 Å². The van der Waals surface area contributed by atoms with Gasteiger partial charge >= 0.3 is 5.63 Å². The van der Waals surface area contributed by atoms with Crippen LogP contribution in [0.3, 0.4) is 0 Å². The fourth-order valence-corrected chi connectivity index (χ4v) is 2.05. The summed E-state index contributed by atoms with van der Waals surface area (Å²) in [5, 5.41) is 3.51. The van der Waals surface area contributed by atoms with Gasteiger partial charge in [-0.25, -0.2) is 4.79 Å². The second-order valence-electron chi connectivity index (χ2n) is 4.76. The molecular formula is C17H13NO4. The fraction of sp³-hybridized carbons (Fsp3) is 0.0588. The summed E-state index contributed by atoms with van der Waals surface area (Å²) in [6.07, 6.45) is 0. The van der Waals surface area contributed by atoms with Gasteiger partial charge in [-0.05, 0) is 42.5 Å². The average molecular weight is 295 g/mol. The van der Waals surface area contributed by atoms with E-state index < -0.39 is 5.63 Å². The van der Waals surface area contributed by atoms with Crippen molar-refractivity contribution in [2.24, 2.45) is 0 Å². The number of nitrogens with one attached hydrogen (secondary N) is 1. The summed E-state index contributed by atoms with van der Waals surface area (Å²) < 4.78 is 10.8. The van der Waals surface area contributed by atoms with Crippen molar-refractivity contribution in [3.05, 3.63) is 65.0 Å². The number of anilines is 1.